The molecule has 1 aliphatic heterocycles. The molecule has 0 unspecified atom stereocenters. The molecule has 1 heterocycles. The van der Waals surface area contributed by atoms with Crippen molar-refractivity contribution in [3.05, 3.63) is 69.8 Å². The maximum atomic E-state index is 13.8. The van der Waals surface area contributed by atoms with Crippen molar-refractivity contribution in [3.63, 3.8) is 0 Å². The van der Waals surface area contributed by atoms with Crippen molar-refractivity contribution in [2.45, 2.75) is 71.2 Å². The van der Waals surface area contributed by atoms with Crippen LogP contribution in [0.4, 0.5) is 13.2 Å². The van der Waals surface area contributed by atoms with Crippen LogP contribution in [0.1, 0.15) is 78.3 Å². The van der Waals surface area contributed by atoms with E-state index in [1.165, 1.54) is 6.07 Å². The lowest BCUT2D eigenvalue weighted by atomic mass is 9.81. The molecular weight excluding hydrogens is 469 g/mol. The molecule has 0 atom stereocenters. The van der Waals surface area contributed by atoms with E-state index in [9.17, 15) is 18.0 Å². The van der Waals surface area contributed by atoms with Crippen LogP contribution >= 0.6 is 0 Å². The van der Waals surface area contributed by atoms with Gasteiger partial charge in [0.05, 0.1) is 17.2 Å². The molecule has 0 bridgehead atoms. The maximum Gasteiger partial charge on any atom is 0.416 e. The normalized spacial score (nSPS) is 18.2. The Morgan fingerprint density at radius 1 is 1.11 bits per heavy atom. The van der Waals surface area contributed by atoms with E-state index in [2.05, 4.69) is 10.1 Å². The van der Waals surface area contributed by atoms with E-state index in [0.29, 0.717) is 36.5 Å². The molecule has 4 rings (SSSR count). The Labute approximate surface area is 209 Å². The molecule has 0 aromatic heterocycles. The first-order valence-electron chi connectivity index (χ1n) is 12.5. The molecule has 1 N–H and O–H groups in total. The van der Waals surface area contributed by atoms with Gasteiger partial charge in [0.1, 0.15) is 6.61 Å². The number of alkyl halides is 3. The van der Waals surface area contributed by atoms with Gasteiger partial charge in [0.15, 0.2) is 0 Å². The molecule has 2 aromatic rings. The number of likely N-dealkylation sites (tertiary alicyclic amines) is 1. The number of aliphatic carboxylic acids is 1. The monoisotopic (exact) mass is 502 g/mol. The summed E-state index contributed by atoms with van der Waals surface area (Å²) in [7, 11) is 0. The Morgan fingerprint density at radius 2 is 1.83 bits per heavy atom. The van der Waals surface area contributed by atoms with Crippen molar-refractivity contribution in [1.82, 2.24) is 4.90 Å². The highest BCUT2D eigenvalue weighted by Gasteiger charge is 2.36. The van der Waals surface area contributed by atoms with E-state index in [0.717, 1.165) is 48.8 Å². The van der Waals surface area contributed by atoms with Crippen LogP contribution < -0.4 is 0 Å². The quantitative estimate of drug-likeness (QED) is 0.330. The summed E-state index contributed by atoms with van der Waals surface area (Å²) >= 11 is 0. The fourth-order valence-corrected chi connectivity index (χ4v) is 5.16. The van der Waals surface area contributed by atoms with E-state index in [4.69, 9.17) is 9.94 Å². The summed E-state index contributed by atoms with van der Waals surface area (Å²) in [5.41, 5.74) is 3.97. The number of nitrogens with zero attached hydrogens (tertiary/aromatic N) is 2. The summed E-state index contributed by atoms with van der Waals surface area (Å²) in [5, 5.41) is 13.2. The number of hydrogen-bond acceptors (Lipinski definition) is 4. The Balaban J connectivity index is 1.38. The standard InChI is InChI=1S/C28H33F3N2O3/c1-18-12-22(9-10-23(18)14-33-15-24(16-33)27(34)35)19(2)32-36-17-20-8-11-25(21-6-4-3-5-7-21)26(13-20)28(29,30)31/h8-13,21,24H,3-7,14-17H2,1-2H3,(H,34,35)/b32-19-. The zero-order valence-electron chi connectivity index (χ0n) is 20.8. The third kappa shape index (κ3) is 6.27. The van der Waals surface area contributed by atoms with Crippen molar-refractivity contribution < 1.29 is 27.9 Å². The molecule has 2 fully saturated rings. The van der Waals surface area contributed by atoms with Gasteiger partial charge in [-0.1, -0.05) is 48.7 Å². The third-order valence-electron chi connectivity index (χ3n) is 7.36. The topological polar surface area (TPSA) is 62.1 Å². The summed E-state index contributed by atoms with van der Waals surface area (Å²) in [6.07, 6.45) is 0.263. The largest absolute Gasteiger partial charge is 0.481 e. The van der Waals surface area contributed by atoms with E-state index >= 15 is 0 Å². The Hall–Kier alpha value is -2.87. The molecule has 5 nitrogen and oxygen atoms in total. The summed E-state index contributed by atoms with van der Waals surface area (Å²) in [5.74, 6) is -1.07. The highest BCUT2D eigenvalue weighted by molar-refractivity contribution is 5.98. The van der Waals surface area contributed by atoms with Gasteiger partial charge in [-0.3, -0.25) is 9.69 Å². The van der Waals surface area contributed by atoms with Crippen LogP contribution in [0.15, 0.2) is 41.6 Å². The lowest BCUT2D eigenvalue weighted by molar-refractivity contribution is -0.147. The first-order valence-corrected chi connectivity index (χ1v) is 12.5. The summed E-state index contributed by atoms with van der Waals surface area (Å²) in [6, 6.07) is 10.5. The maximum absolute atomic E-state index is 13.8. The molecule has 36 heavy (non-hydrogen) atoms. The highest BCUT2D eigenvalue weighted by Crippen LogP contribution is 2.41. The second-order valence-electron chi connectivity index (χ2n) is 10.1. The van der Waals surface area contributed by atoms with E-state index in [-0.39, 0.29) is 18.4 Å². The van der Waals surface area contributed by atoms with Crippen LogP contribution in [-0.2, 0) is 29.0 Å². The molecule has 0 spiro atoms. The van der Waals surface area contributed by atoms with Crippen LogP contribution in [0, 0.1) is 12.8 Å². The number of carbonyl (C=O) groups is 1. The average molecular weight is 503 g/mol. The zero-order chi connectivity index (χ0) is 25.9. The second-order valence-corrected chi connectivity index (χ2v) is 10.1. The molecule has 2 aromatic carbocycles. The van der Waals surface area contributed by atoms with E-state index in [1.807, 2.05) is 25.1 Å². The Bertz CT molecular complexity index is 1120. The van der Waals surface area contributed by atoms with Gasteiger partial charge < -0.3 is 9.94 Å². The molecule has 0 amide bonds. The second kappa shape index (κ2) is 11.0. The van der Waals surface area contributed by atoms with Crippen LogP contribution in [0.5, 0.6) is 0 Å². The molecule has 8 heteroatoms. The van der Waals surface area contributed by atoms with Crippen molar-refractivity contribution in [3.8, 4) is 0 Å². The minimum Gasteiger partial charge on any atom is -0.481 e. The fraction of sp³-hybridized carbons (Fsp3) is 0.500. The van der Waals surface area contributed by atoms with E-state index < -0.39 is 17.7 Å². The molecule has 1 aliphatic carbocycles. The number of aryl methyl sites for hydroxylation is 1. The van der Waals surface area contributed by atoms with Gasteiger partial charge in [-0.05, 0) is 72.6 Å². The van der Waals surface area contributed by atoms with Gasteiger partial charge in [0.2, 0.25) is 0 Å². The first-order chi connectivity index (χ1) is 17.1. The van der Waals surface area contributed by atoms with Crippen molar-refractivity contribution in [1.29, 1.82) is 0 Å². The number of oxime groups is 1. The fourth-order valence-electron chi connectivity index (χ4n) is 5.16. The van der Waals surface area contributed by atoms with Crippen molar-refractivity contribution in [2.75, 3.05) is 13.1 Å². The Kier molecular flexibility index (Phi) is 8.03. The molecule has 2 aliphatic rings. The van der Waals surface area contributed by atoms with Gasteiger partial charge >= 0.3 is 12.1 Å². The summed E-state index contributed by atoms with van der Waals surface area (Å²) < 4.78 is 41.4. The Morgan fingerprint density at radius 3 is 2.47 bits per heavy atom. The van der Waals surface area contributed by atoms with Gasteiger partial charge in [0, 0.05) is 19.6 Å². The smallest absolute Gasteiger partial charge is 0.416 e. The lowest BCUT2D eigenvalue weighted by Gasteiger charge is -2.36. The number of carboxylic acids is 1. The number of halogens is 3. The minimum atomic E-state index is -4.40. The van der Waals surface area contributed by atoms with Crippen LogP contribution in [0.3, 0.4) is 0 Å². The number of carboxylic acid groups (broad SMARTS) is 1. The number of rotatable bonds is 8. The number of hydrogen-bond donors (Lipinski definition) is 1. The summed E-state index contributed by atoms with van der Waals surface area (Å²) in [4.78, 5) is 18.5. The SMILES string of the molecule is C/C(=N/OCc1ccc(C2CCCCC2)c(C(F)(F)F)c1)c1ccc(CN2CC(C(=O)O)C2)c(C)c1. The molecular formula is C28H33F3N2O3. The zero-order valence-corrected chi connectivity index (χ0v) is 20.8. The van der Waals surface area contributed by atoms with Gasteiger partial charge in [0.25, 0.3) is 0 Å². The van der Waals surface area contributed by atoms with Gasteiger partial charge in [-0.2, -0.15) is 13.2 Å². The first kappa shape index (κ1) is 26.2. The summed E-state index contributed by atoms with van der Waals surface area (Å²) in [6.45, 7) is 5.57. The minimum absolute atomic E-state index is 0.0310. The molecule has 1 saturated carbocycles. The van der Waals surface area contributed by atoms with Crippen LogP contribution in [0.25, 0.3) is 0 Å². The third-order valence-corrected chi connectivity index (χ3v) is 7.36. The van der Waals surface area contributed by atoms with Crippen molar-refractivity contribution in [2.24, 2.45) is 11.1 Å². The predicted octanol–water partition coefficient (Wildman–Crippen LogP) is 6.52. The highest BCUT2D eigenvalue weighted by atomic mass is 19.4. The molecule has 1 saturated heterocycles. The predicted molar refractivity (Wildman–Crippen MR) is 132 cm³/mol. The van der Waals surface area contributed by atoms with Crippen molar-refractivity contribution >= 4 is 11.7 Å². The average Bonchev–Trinajstić information content (AvgIpc) is 2.81. The lowest BCUT2D eigenvalue weighted by Crippen LogP contribution is -2.49. The van der Waals surface area contributed by atoms with Gasteiger partial charge in [-0.15, -0.1) is 0 Å². The van der Waals surface area contributed by atoms with E-state index in [1.54, 1.807) is 19.1 Å². The molecule has 0 radical (unpaired) electrons. The molecule has 194 valence electrons. The van der Waals surface area contributed by atoms with Gasteiger partial charge in [-0.25, -0.2) is 0 Å². The van der Waals surface area contributed by atoms with Crippen LogP contribution in [-0.4, -0.2) is 34.8 Å². The number of benzene rings is 2. The van der Waals surface area contributed by atoms with Crippen LogP contribution in [0.2, 0.25) is 0 Å².